The number of hydrogen-bond donors (Lipinski definition) is 2. The summed E-state index contributed by atoms with van der Waals surface area (Å²) in [6, 6.07) is 0. The van der Waals surface area contributed by atoms with Crippen LogP contribution in [0.25, 0.3) is 0 Å². The molecular weight excluding hydrogens is 224 g/mol. The van der Waals surface area contributed by atoms with Crippen LogP contribution in [0.4, 0.5) is 0 Å². The molecule has 1 rings (SSSR count). The number of aliphatic hydroxyl groups is 1. The molecule has 0 amide bonds. The molecule has 1 unspecified atom stereocenters. The van der Waals surface area contributed by atoms with E-state index in [0.717, 1.165) is 39.0 Å². The summed E-state index contributed by atoms with van der Waals surface area (Å²) in [7, 11) is 2.15. The zero-order chi connectivity index (χ0) is 13.6. The second-order valence-electron chi connectivity index (χ2n) is 6.55. The maximum absolute atomic E-state index is 10.4. The first-order valence-electron chi connectivity index (χ1n) is 7.55. The van der Waals surface area contributed by atoms with E-state index < -0.39 is 5.60 Å². The maximum Gasteiger partial charge on any atom is 0.0774 e. The molecule has 2 N–H and O–H groups in total. The average molecular weight is 256 g/mol. The molecule has 1 fully saturated rings. The lowest BCUT2D eigenvalue weighted by atomic mass is 9.86. The van der Waals surface area contributed by atoms with Crippen molar-refractivity contribution < 1.29 is 5.11 Å². The standard InChI is InChI=1S/C15H32N2O/c1-5-14(3,11-16-6-2)12-17(4)13-15(18)9-7-8-10-15/h16,18H,5-13H2,1-4H3. The van der Waals surface area contributed by atoms with Crippen molar-refractivity contribution in [3.05, 3.63) is 0 Å². The van der Waals surface area contributed by atoms with Crippen LogP contribution in [0, 0.1) is 5.41 Å². The highest BCUT2D eigenvalue weighted by atomic mass is 16.3. The Kier molecular flexibility index (Phi) is 6.09. The SMILES string of the molecule is CCNCC(C)(CC)CN(C)CC1(O)CCCC1. The number of likely N-dealkylation sites (N-methyl/N-ethyl adjacent to an activating group) is 1. The van der Waals surface area contributed by atoms with Crippen molar-refractivity contribution >= 4 is 0 Å². The van der Waals surface area contributed by atoms with E-state index in [1.807, 2.05) is 0 Å². The lowest BCUT2D eigenvalue weighted by Gasteiger charge is -2.36. The second kappa shape index (κ2) is 6.88. The molecule has 1 aliphatic carbocycles. The third-order valence-electron chi connectivity index (χ3n) is 4.41. The number of nitrogens with zero attached hydrogens (tertiary/aromatic N) is 1. The van der Waals surface area contributed by atoms with E-state index in [9.17, 15) is 5.11 Å². The van der Waals surface area contributed by atoms with Gasteiger partial charge in [0.1, 0.15) is 0 Å². The van der Waals surface area contributed by atoms with Crippen molar-refractivity contribution in [3.63, 3.8) is 0 Å². The molecule has 0 heterocycles. The van der Waals surface area contributed by atoms with Gasteiger partial charge in [0.15, 0.2) is 0 Å². The van der Waals surface area contributed by atoms with Gasteiger partial charge in [-0.15, -0.1) is 0 Å². The quantitative estimate of drug-likeness (QED) is 0.699. The van der Waals surface area contributed by atoms with Gasteiger partial charge < -0.3 is 15.3 Å². The van der Waals surface area contributed by atoms with Crippen LogP contribution in [-0.2, 0) is 0 Å². The van der Waals surface area contributed by atoms with E-state index in [1.54, 1.807) is 0 Å². The minimum Gasteiger partial charge on any atom is -0.389 e. The van der Waals surface area contributed by atoms with Crippen molar-refractivity contribution in [1.29, 1.82) is 0 Å². The van der Waals surface area contributed by atoms with Gasteiger partial charge in [-0.1, -0.05) is 33.6 Å². The predicted molar refractivity (Wildman–Crippen MR) is 77.9 cm³/mol. The summed E-state index contributed by atoms with van der Waals surface area (Å²) in [6.07, 6.45) is 5.50. The van der Waals surface area contributed by atoms with Gasteiger partial charge in [-0.05, 0) is 38.3 Å². The van der Waals surface area contributed by atoms with Crippen LogP contribution in [0.5, 0.6) is 0 Å². The van der Waals surface area contributed by atoms with Crippen LogP contribution in [0.15, 0.2) is 0 Å². The summed E-state index contributed by atoms with van der Waals surface area (Å²) in [5.41, 5.74) is -0.110. The summed E-state index contributed by atoms with van der Waals surface area (Å²) in [4.78, 5) is 2.33. The summed E-state index contributed by atoms with van der Waals surface area (Å²) in [5.74, 6) is 0. The topological polar surface area (TPSA) is 35.5 Å². The van der Waals surface area contributed by atoms with Gasteiger partial charge in [0.05, 0.1) is 5.60 Å². The molecule has 0 saturated heterocycles. The lowest BCUT2D eigenvalue weighted by Crippen LogP contribution is -2.46. The molecule has 0 aliphatic heterocycles. The summed E-state index contributed by atoms with van der Waals surface area (Å²) < 4.78 is 0. The molecule has 0 aromatic heterocycles. The number of nitrogens with one attached hydrogen (secondary N) is 1. The third kappa shape index (κ3) is 4.87. The molecule has 3 nitrogen and oxygen atoms in total. The number of rotatable bonds is 8. The van der Waals surface area contributed by atoms with E-state index in [1.165, 1.54) is 19.3 Å². The monoisotopic (exact) mass is 256 g/mol. The Morgan fingerprint density at radius 1 is 1.28 bits per heavy atom. The van der Waals surface area contributed by atoms with Crippen molar-refractivity contribution in [2.75, 3.05) is 33.2 Å². The molecule has 0 radical (unpaired) electrons. The Bertz CT molecular complexity index is 239. The van der Waals surface area contributed by atoms with Gasteiger partial charge in [-0.25, -0.2) is 0 Å². The fourth-order valence-electron chi connectivity index (χ4n) is 3.12. The smallest absolute Gasteiger partial charge is 0.0774 e. The molecule has 1 saturated carbocycles. The first-order chi connectivity index (χ1) is 8.43. The number of hydrogen-bond acceptors (Lipinski definition) is 3. The van der Waals surface area contributed by atoms with Gasteiger partial charge in [-0.2, -0.15) is 0 Å². The molecule has 1 aliphatic rings. The third-order valence-corrected chi connectivity index (χ3v) is 4.41. The molecule has 0 spiro atoms. The minimum absolute atomic E-state index is 0.305. The van der Waals surface area contributed by atoms with Crippen molar-refractivity contribution in [2.45, 2.75) is 58.5 Å². The molecule has 0 bridgehead atoms. The maximum atomic E-state index is 10.4. The van der Waals surface area contributed by atoms with Crippen molar-refractivity contribution in [1.82, 2.24) is 10.2 Å². The van der Waals surface area contributed by atoms with Crippen molar-refractivity contribution in [2.24, 2.45) is 5.41 Å². The summed E-state index contributed by atoms with van der Waals surface area (Å²) in [5, 5.41) is 13.9. The van der Waals surface area contributed by atoms with E-state index in [0.29, 0.717) is 5.41 Å². The van der Waals surface area contributed by atoms with Gasteiger partial charge in [0.25, 0.3) is 0 Å². The van der Waals surface area contributed by atoms with Crippen LogP contribution in [0.1, 0.15) is 52.9 Å². The molecule has 18 heavy (non-hydrogen) atoms. The molecule has 1 atom stereocenters. The largest absolute Gasteiger partial charge is 0.389 e. The molecule has 0 aromatic carbocycles. The zero-order valence-corrected chi connectivity index (χ0v) is 12.8. The van der Waals surface area contributed by atoms with E-state index >= 15 is 0 Å². The molecule has 0 aromatic rings. The lowest BCUT2D eigenvalue weighted by molar-refractivity contribution is 0.00645. The fourth-order valence-corrected chi connectivity index (χ4v) is 3.12. The molecule has 108 valence electrons. The minimum atomic E-state index is -0.415. The first kappa shape index (κ1) is 15.9. The molecular formula is C15H32N2O. The Morgan fingerprint density at radius 2 is 1.89 bits per heavy atom. The van der Waals surface area contributed by atoms with Crippen LogP contribution in [0.2, 0.25) is 0 Å². The van der Waals surface area contributed by atoms with Crippen molar-refractivity contribution in [3.8, 4) is 0 Å². The average Bonchev–Trinajstić information content (AvgIpc) is 2.72. The van der Waals surface area contributed by atoms with E-state index in [4.69, 9.17) is 0 Å². The predicted octanol–water partition coefficient (Wildman–Crippen LogP) is 2.25. The highest BCUT2D eigenvalue weighted by Crippen LogP contribution is 2.31. The Balaban J connectivity index is 2.43. The first-order valence-corrected chi connectivity index (χ1v) is 7.55. The van der Waals surface area contributed by atoms with E-state index in [-0.39, 0.29) is 0 Å². The second-order valence-corrected chi connectivity index (χ2v) is 6.55. The van der Waals surface area contributed by atoms with Crippen LogP contribution in [-0.4, -0.2) is 48.8 Å². The van der Waals surface area contributed by atoms with Crippen LogP contribution < -0.4 is 5.32 Å². The zero-order valence-electron chi connectivity index (χ0n) is 12.8. The van der Waals surface area contributed by atoms with Gasteiger partial charge in [0.2, 0.25) is 0 Å². The van der Waals surface area contributed by atoms with E-state index in [2.05, 4.69) is 38.0 Å². The Labute approximate surface area is 113 Å². The Hall–Kier alpha value is -0.120. The summed E-state index contributed by atoms with van der Waals surface area (Å²) >= 11 is 0. The highest BCUT2D eigenvalue weighted by Gasteiger charge is 2.33. The summed E-state index contributed by atoms with van der Waals surface area (Å²) in [6.45, 7) is 10.7. The van der Waals surface area contributed by atoms with Gasteiger partial charge in [-0.3, -0.25) is 0 Å². The highest BCUT2D eigenvalue weighted by molar-refractivity contribution is 4.88. The van der Waals surface area contributed by atoms with Crippen LogP contribution in [0.3, 0.4) is 0 Å². The molecule has 3 heteroatoms. The Morgan fingerprint density at radius 3 is 2.39 bits per heavy atom. The normalized spacial score (nSPS) is 22.3. The fraction of sp³-hybridized carbons (Fsp3) is 1.00. The van der Waals surface area contributed by atoms with Gasteiger partial charge in [0, 0.05) is 19.6 Å². The van der Waals surface area contributed by atoms with Crippen LogP contribution >= 0.6 is 0 Å². The van der Waals surface area contributed by atoms with Gasteiger partial charge >= 0.3 is 0 Å².